The normalized spacial score (nSPS) is 9.12. The summed E-state index contributed by atoms with van der Waals surface area (Å²) in [6, 6.07) is 8.76. The van der Waals surface area contributed by atoms with E-state index in [1.54, 1.807) is 18.2 Å². The van der Waals surface area contributed by atoms with Gasteiger partial charge in [0.2, 0.25) is 0 Å². The zero-order valence-corrected chi connectivity index (χ0v) is 8.78. The molecule has 0 fully saturated rings. The van der Waals surface area contributed by atoms with Crippen LogP contribution in [0.25, 0.3) is 0 Å². The molecule has 0 bridgehead atoms. The maximum atomic E-state index is 8.90. The number of nitrogens with zero attached hydrogens (tertiary/aromatic N) is 3. The van der Waals surface area contributed by atoms with Crippen LogP contribution in [-0.4, -0.2) is 4.98 Å². The summed E-state index contributed by atoms with van der Waals surface area (Å²) < 4.78 is 5.39. The van der Waals surface area contributed by atoms with Crippen LogP contribution in [0.3, 0.4) is 0 Å². The molecule has 1 aromatic carbocycles. The van der Waals surface area contributed by atoms with Crippen molar-refractivity contribution in [3.8, 4) is 23.1 Å². The maximum absolute atomic E-state index is 8.90. The van der Waals surface area contributed by atoms with Crippen molar-refractivity contribution in [3.05, 3.63) is 40.9 Å². The minimum Gasteiger partial charge on any atom is -0.428 e. The van der Waals surface area contributed by atoms with Crippen LogP contribution in [0, 0.1) is 28.0 Å². The molecule has 2 aromatic rings. The summed E-state index contributed by atoms with van der Waals surface area (Å²) >= 11 is 1.18. The first-order chi connectivity index (χ1) is 7.85. The zero-order valence-electron chi connectivity index (χ0n) is 7.97. The lowest BCUT2D eigenvalue weighted by Gasteiger charge is -2.05. The van der Waals surface area contributed by atoms with Crippen molar-refractivity contribution in [2.24, 2.45) is 0 Å². The lowest BCUT2D eigenvalue weighted by molar-refractivity contribution is 0.476. The van der Waals surface area contributed by atoms with Gasteiger partial charge in [-0.2, -0.15) is 10.5 Å². The van der Waals surface area contributed by atoms with Gasteiger partial charge < -0.3 is 4.74 Å². The third-order valence-electron chi connectivity index (χ3n) is 1.81. The highest BCUT2D eigenvalue weighted by Gasteiger charge is 2.11. The summed E-state index contributed by atoms with van der Waals surface area (Å²) in [5.74, 6) is 0.246. The predicted octanol–water partition coefficient (Wildman–Crippen LogP) is 2.48. The van der Waals surface area contributed by atoms with Gasteiger partial charge in [-0.25, -0.2) is 4.98 Å². The Bertz CT molecular complexity index is 546. The molecule has 0 amide bonds. The summed E-state index contributed by atoms with van der Waals surface area (Å²) in [6.07, 6.45) is 1.47. The number of thiazole rings is 1. The van der Waals surface area contributed by atoms with Crippen molar-refractivity contribution < 1.29 is 4.74 Å². The molecule has 16 heavy (non-hydrogen) atoms. The van der Waals surface area contributed by atoms with Crippen LogP contribution >= 0.6 is 11.3 Å². The van der Waals surface area contributed by atoms with E-state index in [0.29, 0.717) is 16.3 Å². The SMILES string of the molecule is N#Cc1cccc(C#N)c1Oc1nc[c]s1. The minimum absolute atomic E-state index is 0.246. The Labute approximate surface area is 96.0 Å². The van der Waals surface area contributed by atoms with Crippen molar-refractivity contribution in [3.63, 3.8) is 0 Å². The van der Waals surface area contributed by atoms with E-state index in [9.17, 15) is 0 Å². The van der Waals surface area contributed by atoms with Crippen molar-refractivity contribution in [1.82, 2.24) is 4.98 Å². The zero-order chi connectivity index (χ0) is 11.4. The van der Waals surface area contributed by atoms with Gasteiger partial charge in [0.05, 0.1) is 22.7 Å². The van der Waals surface area contributed by atoms with Gasteiger partial charge in [-0.1, -0.05) is 17.4 Å². The van der Waals surface area contributed by atoms with Crippen LogP contribution < -0.4 is 4.74 Å². The second-order valence-electron chi connectivity index (χ2n) is 2.75. The van der Waals surface area contributed by atoms with Gasteiger partial charge >= 0.3 is 0 Å². The van der Waals surface area contributed by atoms with E-state index in [4.69, 9.17) is 15.3 Å². The number of nitriles is 2. The molecule has 1 aromatic heterocycles. The molecule has 0 saturated carbocycles. The molecule has 75 valence electrons. The summed E-state index contributed by atoms with van der Waals surface area (Å²) in [4.78, 5) is 3.88. The first-order valence-electron chi connectivity index (χ1n) is 4.28. The average molecular weight is 226 g/mol. The molecule has 0 saturated heterocycles. The second kappa shape index (κ2) is 4.43. The number of hydrogen-bond acceptors (Lipinski definition) is 5. The Morgan fingerprint density at radius 3 is 2.44 bits per heavy atom. The van der Waals surface area contributed by atoms with Gasteiger partial charge in [0.1, 0.15) is 12.1 Å². The predicted molar refractivity (Wildman–Crippen MR) is 56.9 cm³/mol. The fraction of sp³-hybridized carbons (Fsp3) is 0. The van der Waals surface area contributed by atoms with Gasteiger partial charge in [-0.3, -0.25) is 0 Å². The maximum Gasteiger partial charge on any atom is 0.279 e. The Kier molecular flexibility index (Phi) is 2.81. The van der Waals surface area contributed by atoms with Crippen molar-refractivity contribution in [1.29, 1.82) is 10.5 Å². The van der Waals surface area contributed by atoms with Gasteiger partial charge in [0.25, 0.3) is 5.19 Å². The third-order valence-corrected chi connectivity index (χ3v) is 2.40. The first kappa shape index (κ1) is 10.2. The second-order valence-corrected chi connectivity index (χ2v) is 3.54. The van der Waals surface area contributed by atoms with Crippen LogP contribution in [0.4, 0.5) is 0 Å². The molecule has 5 heteroatoms. The molecule has 0 aliphatic rings. The molecule has 0 aliphatic heterocycles. The molecule has 2 rings (SSSR count). The van der Waals surface area contributed by atoms with Gasteiger partial charge in [0.15, 0.2) is 5.75 Å². The Hall–Kier alpha value is -2.37. The van der Waals surface area contributed by atoms with Gasteiger partial charge in [-0.15, -0.1) is 0 Å². The fourth-order valence-corrected chi connectivity index (χ4v) is 1.58. The Morgan fingerprint density at radius 2 is 1.94 bits per heavy atom. The molecular formula is C11H4N3OS. The molecular weight excluding hydrogens is 222 g/mol. The van der Waals surface area contributed by atoms with Crippen LogP contribution in [0.5, 0.6) is 10.9 Å². The number of ether oxygens (including phenoxy) is 1. The van der Waals surface area contributed by atoms with Crippen LogP contribution in [-0.2, 0) is 0 Å². The standard InChI is InChI=1S/C11H4N3OS/c12-6-8-2-1-3-9(7-13)10(8)15-11-14-4-5-16-11/h1-4H. The monoisotopic (exact) mass is 226 g/mol. The average Bonchev–Trinajstić information content (AvgIpc) is 2.82. The summed E-state index contributed by atoms with van der Waals surface area (Å²) in [5.41, 5.74) is 0.628. The van der Waals surface area contributed by atoms with E-state index < -0.39 is 0 Å². The summed E-state index contributed by atoms with van der Waals surface area (Å²) in [7, 11) is 0. The highest BCUT2D eigenvalue weighted by atomic mass is 32.1. The quantitative estimate of drug-likeness (QED) is 0.788. The molecule has 0 unspecified atom stereocenters. The smallest absolute Gasteiger partial charge is 0.279 e. The lowest BCUT2D eigenvalue weighted by Crippen LogP contribution is -1.91. The number of hydrogen-bond donors (Lipinski definition) is 0. The van der Waals surface area contributed by atoms with E-state index in [1.807, 2.05) is 12.1 Å². The topological polar surface area (TPSA) is 69.7 Å². The van der Waals surface area contributed by atoms with E-state index in [1.165, 1.54) is 17.5 Å². The van der Waals surface area contributed by atoms with E-state index in [2.05, 4.69) is 10.4 Å². The van der Waals surface area contributed by atoms with E-state index >= 15 is 0 Å². The molecule has 0 N–H and O–H groups in total. The van der Waals surface area contributed by atoms with Crippen molar-refractivity contribution >= 4 is 11.3 Å². The Balaban J connectivity index is 2.47. The van der Waals surface area contributed by atoms with Crippen LogP contribution in [0.2, 0.25) is 0 Å². The number of para-hydroxylation sites is 1. The van der Waals surface area contributed by atoms with Gasteiger partial charge in [-0.05, 0) is 12.1 Å². The van der Waals surface area contributed by atoms with Crippen molar-refractivity contribution in [2.45, 2.75) is 0 Å². The third kappa shape index (κ3) is 1.85. The first-order valence-corrected chi connectivity index (χ1v) is 5.09. The largest absolute Gasteiger partial charge is 0.428 e. The molecule has 1 heterocycles. The number of aromatic nitrogens is 1. The highest BCUT2D eigenvalue weighted by molar-refractivity contribution is 7.10. The molecule has 0 spiro atoms. The highest BCUT2D eigenvalue weighted by Crippen LogP contribution is 2.29. The number of rotatable bonds is 2. The molecule has 1 radical (unpaired) electrons. The Morgan fingerprint density at radius 1 is 1.25 bits per heavy atom. The number of benzene rings is 1. The molecule has 4 nitrogen and oxygen atoms in total. The van der Waals surface area contributed by atoms with E-state index in [-0.39, 0.29) is 5.75 Å². The fourth-order valence-electron chi connectivity index (χ4n) is 1.14. The van der Waals surface area contributed by atoms with Crippen molar-refractivity contribution in [2.75, 3.05) is 0 Å². The van der Waals surface area contributed by atoms with E-state index in [0.717, 1.165) is 0 Å². The molecule has 0 atom stereocenters. The minimum atomic E-state index is 0.246. The molecule has 0 aliphatic carbocycles. The summed E-state index contributed by atoms with van der Waals surface area (Å²) in [5, 5.41) is 20.9. The van der Waals surface area contributed by atoms with Gasteiger partial charge in [0, 0.05) is 0 Å². The van der Waals surface area contributed by atoms with Crippen LogP contribution in [0.1, 0.15) is 11.1 Å². The van der Waals surface area contributed by atoms with Crippen LogP contribution in [0.15, 0.2) is 24.4 Å². The summed E-state index contributed by atoms with van der Waals surface area (Å²) in [6.45, 7) is 0. The lowest BCUT2D eigenvalue weighted by atomic mass is 10.1.